The largest absolute Gasteiger partial charge is 0.423 e. The molecule has 2 unspecified atom stereocenters. The number of hydrogen-bond donors (Lipinski definition) is 2. The zero-order valence-corrected chi connectivity index (χ0v) is 34.0. The van der Waals surface area contributed by atoms with Gasteiger partial charge in [0.2, 0.25) is 11.2 Å². The minimum absolute atomic E-state index is 0.0650. The molecule has 2 atom stereocenters. The molecule has 62 heavy (non-hydrogen) atoms. The monoisotopic (exact) mass is 898 g/mol. The Labute approximate surface area is 355 Å². The first kappa shape index (κ1) is 43.9. The molecule has 0 amide bonds. The van der Waals surface area contributed by atoms with Gasteiger partial charge in [-0.15, -0.1) is 10.2 Å². The average Bonchev–Trinajstić information content (AvgIpc) is 4.03. The van der Waals surface area contributed by atoms with E-state index in [1.165, 1.54) is 46.7 Å². The van der Waals surface area contributed by atoms with Crippen molar-refractivity contribution >= 4 is 44.9 Å². The number of aromatic nitrogens is 6. The van der Waals surface area contributed by atoms with Crippen LogP contribution in [0.2, 0.25) is 5.02 Å². The van der Waals surface area contributed by atoms with E-state index >= 15 is 0 Å². The number of rotatable bonds is 10. The van der Waals surface area contributed by atoms with Gasteiger partial charge in [0.05, 0.1) is 25.5 Å². The Morgan fingerprint density at radius 3 is 1.50 bits per heavy atom. The van der Waals surface area contributed by atoms with E-state index in [0.29, 0.717) is 38.3 Å². The Morgan fingerprint density at radius 2 is 1.10 bits per heavy atom. The highest BCUT2D eigenvalue weighted by Crippen LogP contribution is 2.41. The van der Waals surface area contributed by atoms with Crippen molar-refractivity contribution in [1.82, 2.24) is 30.0 Å². The van der Waals surface area contributed by atoms with Crippen molar-refractivity contribution in [2.45, 2.75) is 63.3 Å². The second kappa shape index (κ2) is 17.0. The zero-order valence-electron chi connectivity index (χ0n) is 32.4. The van der Waals surface area contributed by atoms with Gasteiger partial charge in [0, 0.05) is 33.5 Å². The lowest BCUT2D eigenvalue weighted by molar-refractivity contribution is -0.269. The molecule has 5 heterocycles. The second-order valence-corrected chi connectivity index (χ2v) is 15.4. The highest BCUT2D eigenvalue weighted by atomic mass is 35.5. The SMILES string of the molecule is CCC(O)(c1cn(Cc2ccc3c(-c4ccc(Cl)cc4)cc(=O)oc3c2)nn1)C(F)(F)F.CCC(O)(c1cn(Cc2ccc3c(-c4ccsc4)cc(=O)oc3c2)nn1)C(F)(F)F. The number of thiophene rings is 1. The van der Waals surface area contributed by atoms with Crippen LogP contribution >= 0.6 is 22.9 Å². The predicted molar refractivity (Wildman–Crippen MR) is 217 cm³/mol. The molecule has 20 heteroatoms. The van der Waals surface area contributed by atoms with Crippen LogP contribution in [0.15, 0.2) is 120 Å². The van der Waals surface area contributed by atoms with Crippen molar-refractivity contribution in [2.24, 2.45) is 0 Å². The van der Waals surface area contributed by atoms with Crippen molar-refractivity contribution in [2.75, 3.05) is 0 Å². The van der Waals surface area contributed by atoms with Crippen molar-refractivity contribution in [3.63, 3.8) is 0 Å². The number of halogens is 7. The third kappa shape index (κ3) is 8.78. The van der Waals surface area contributed by atoms with Gasteiger partial charge >= 0.3 is 23.6 Å². The lowest BCUT2D eigenvalue weighted by Crippen LogP contribution is -2.42. The van der Waals surface area contributed by atoms with Gasteiger partial charge in [-0.25, -0.2) is 19.0 Å². The van der Waals surface area contributed by atoms with Gasteiger partial charge < -0.3 is 19.0 Å². The fourth-order valence-electron chi connectivity index (χ4n) is 6.69. The van der Waals surface area contributed by atoms with Crippen LogP contribution in [0.5, 0.6) is 0 Å². The smallest absolute Gasteiger partial charge is 0.423 e. The molecular formula is C42H33ClF6N6O6S. The standard InChI is InChI=1S/C22H17ClF3N3O3.C20H16F3N3O3S/c1-2-21(31,22(24,25)26)19-12-29(28-27-19)11-13-3-8-16-17(10-20(30)32-18(16)9-13)14-4-6-15(23)7-5-14;1-2-19(28,20(21,22)23)17-10-26(25-24-17)9-12-3-4-14-15(13-5-6-30-11-13)8-18(27)29-16(14)7-12/h3-10,12,31H,2,11H2,1H3;3-8,10-11,28H,2,9H2,1H3. The van der Waals surface area contributed by atoms with Crippen molar-refractivity contribution in [3.05, 3.63) is 150 Å². The fourth-order valence-corrected chi connectivity index (χ4v) is 7.48. The average molecular weight is 899 g/mol. The summed E-state index contributed by atoms with van der Waals surface area (Å²) in [7, 11) is 0. The molecule has 2 N–H and O–H groups in total. The van der Waals surface area contributed by atoms with Gasteiger partial charge in [-0.1, -0.05) is 72.3 Å². The zero-order chi connectivity index (χ0) is 44.6. The molecule has 8 rings (SSSR count). The molecule has 0 saturated heterocycles. The van der Waals surface area contributed by atoms with Gasteiger partial charge in [0.1, 0.15) is 22.6 Å². The molecule has 0 aliphatic heterocycles. The molecule has 0 saturated carbocycles. The quantitative estimate of drug-likeness (QED) is 0.1000. The van der Waals surface area contributed by atoms with Gasteiger partial charge in [0.25, 0.3) is 0 Å². The number of benzene rings is 3. The third-order valence-corrected chi connectivity index (χ3v) is 11.1. The van der Waals surface area contributed by atoms with Gasteiger partial charge in [0.15, 0.2) is 0 Å². The summed E-state index contributed by atoms with van der Waals surface area (Å²) in [6.45, 7) is 2.60. The first-order chi connectivity index (χ1) is 29.3. The summed E-state index contributed by atoms with van der Waals surface area (Å²) in [4.78, 5) is 24.1. The fraction of sp³-hybridized carbons (Fsp3) is 0.238. The molecule has 0 spiro atoms. The molecule has 3 aromatic carbocycles. The molecule has 322 valence electrons. The first-order valence-electron chi connectivity index (χ1n) is 18.6. The normalized spacial score (nSPS) is 14.0. The molecule has 0 aliphatic carbocycles. The van der Waals surface area contributed by atoms with Crippen LogP contribution in [-0.4, -0.2) is 52.6 Å². The Balaban J connectivity index is 0.000000187. The summed E-state index contributed by atoms with van der Waals surface area (Å²) in [6.07, 6.45) is -8.80. The van der Waals surface area contributed by atoms with E-state index in [-0.39, 0.29) is 13.1 Å². The second-order valence-electron chi connectivity index (χ2n) is 14.2. The molecule has 8 aromatic rings. The topological polar surface area (TPSA) is 162 Å². The van der Waals surface area contributed by atoms with E-state index in [2.05, 4.69) is 20.6 Å². The summed E-state index contributed by atoms with van der Waals surface area (Å²) in [5.74, 6) is 0. The lowest BCUT2D eigenvalue weighted by Gasteiger charge is -2.26. The highest BCUT2D eigenvalue weighted by molar-refractivity contribution is 7.08. The maximum absolute atomic E-state index is 13.3. The van der Waals surface area contributed by atoms with Crippen molar-refractivity contribution < 1.29 is 45.4 Å². The third-order valence-electron chi connectivity index (χ3n) is 10.2. The maximum atomic E-state index is 13.3. The summed E-state index contributed by atoms with van der Waals surface area (Å²) >= 11 is 7.45. The molecule has 5 aromatic heterocycles. The molecule has 12 nitrogen and oxygen atoms in total. The Kier molecular flexibility index (Phi) is 12.0. The number of aliphatic hydroxyl groups is 2. The van der Waals surface area contributed by atoms with Gasteiger partial charge in [-0.2, -0.15) is 37.7 Å². The molecule has 0 aliphatic rings. The van der Waals surface area contributed by atoms with Gasteiger partial charge in [-0.05, 0) is 81.8 Å². The highest BCUT2D eigenvalue weighted by Gasteiger charge is 2.56. The number of alkyl halides is 6. The summed E-state index contributed by atoms with van der Waals surface area (Å²) in [6, 6.07) is 22.1. The molecule has 0 bridgehead atoms. The number of hydrogen-bond acceptors (Lipinski definition) is 11. The molecular weight excluding hydrogens is 866 g/mol. The van der Waals surface area contributed by atoms with Crippen LogP contribution in [0.4, 0.5) is 26.3 Å². The number of nitrogens with zero attached hydrogens (tertiary/aromatic N) is 6. The van der Waals surface area contributed by atoms with Crippen molar-refractivity contribution in [1.29, 1.82) is 0 Å². The molecule has 0 radical (unpaired) electrons. The van der Waals surface area contributed by atoms with E-state index in [4.69, 9.17) is 20.4 Å². The maximum Gasteiger partial charge on any atom is 0.423 e. The predicted octanol–water partition coefficient (Wildman–Crippen LogP) is 9.23. The lowest BCUT2D eigenvalue weighted by atomic mass is 9.96. The van der Waals surface area contributed by atoms with Crippen LogP contribution < -0.4 is 11.3 Å². The number of fused-ring (bicyclic) bond motifs is 2. The Hall–Kier alpha value is -6.15. The van der Waals surface area contributed by atoms with Crippen LogP contribution in [0.25, 0.3) is 44.2 Å². The van der Waals surface area contributed by atoms with E-state index < -0.39 is 59.0 Å². The summed E-state index contributed by atoms with van der Waals surface area (Å²) in [5.41, 5.74) is -3.26. The minimum Gasteiger partial charge on any atom is -0.423 e. The van der Waals surface area contributed by atoms with E-state index in [1.54, 1.807) is 60.7 Å². The van der Waals surface area contributed by atoms with Crippen LogP contribution in [0, 0.1) is 0 Å². The van der Waals surface area contributed by atoms with Crippen LogP contribution in [0.1, 0.15) is 49.2 Å². The van der Waals surface area contributed by atoms with Gasteiger partial charge in [-0.3, -0.25) is 0 Å². The Bertz CT molecular complexity index is 2980. The first-order valence-corrected chi connectivity index (χ1v) is 20.0. The van der Waals surface area contributed by atoms with Crippen LogP contribution in [0.3, 0.4) is 0 Å². The molecule has 0 fully saturated rings. The van der Waals surface area contributed by atoms with E-state index in [0.717, 1.165) is 34.5 Å². The Morgan fingerprint density at radius 1 is 0.645 bits per heavy atom. The van der Waals surface area contributed by atoms with Crippen LogP contribution in [-0.2, 0) is 24.3 Å². The van der Waals surface area contributed by atoms with E-state index in [9.17, 15) is 46.1 Å². The van der Waals surface area contributed by atoms with E-state index in [1.807, 2.05) is 16.8 Å². The summed E-state index contributed by atoms with van der Waals surface area (Å²) < 4.78 is 92.5. The minimum atomic E-state index is -4.88. The van der Waals surface area contributed by atoms with Crippen molar-refractivity contribution in [3.8, 4) is 22.3 Å². The summed E-state index contributed by atoms with van der Waals surface area (Å²) in [5, 5.41) is 40.3.